The van der Waals surface area contributed by atoms with Crippen molar-refractivity contribution in [2.24, 2.45) is 0 Å². The predicted octanol–water partition coefficient (Wildman–Crippen LogP) is -1.11. The van der Waals surface area contributed by atoms with E-state index in [0.717, 1.165) is 11.0 Å². The molecule has 0 saturated carbocycles. The molecule has 0 N–H and O–H groups in total. The Balaban J connectivity index is 0. The van der Waals surface area contributed by atoms with Crippen LogP contribution >= 0.6 is 7.82 Å². The summed E-state index contributed by atoms with van der Waals surface area (Å²) in [5.74, 6) is 0. The van der Waals surface area contributed by atoms with Gasteiger partial charge in [-0.1, -0.05) is 0 Å². The first kappa shape index (κ1) is 18.7. The number of likely N-dealkylation sites (N-methyl/N-ethyl adjacent to an activating group) is 1. The second-order valence-corrected chi connectivity index (χ2v) is 5.80. The third-order valence-corrected chi connectivity index (χ3v) is 3.23. The van der Waals surface area contributed by atoms with Crippen molar-refractivity contribution < 1.29 is 35.0 Å². The van der Waals surface area contributed by atoms with Gasteiger partial charge in [0, 0.05) is 0 Å². The van der Waals surface area contributed by atoms with Crippen LogP contribution < -0.4 is 12.4 Å². The maximum Gasteiger partial charge on any atom is 0.474 e. The molecule has 5 nitrogen and oxygen atoms in total. The van der Waals surface area contributed by atoms with E-state index in [1.54, 1.807) is 13.8 Å². The SMILES string of the molecule is CCOP(=O)(OCC)OCC[N+](C)(C)C.[Cl-]. The van der Waals surface area contributed by atoms with Crippen LogP contribution in [0.3, 0.4) is 0 Å². The van der Waals surface area contributed by atoms with Crippen LogP contribution in [0.5, 0.6) is 0 Å². The Morgan fingerprint density at radius 1 is 1.00 bits per heavy atom. The van der Waals surface area contributed by atoms with E-state index < -0.39 is 7.82 Å². The van der Waals surface area contributed by atoms with Gasteiger partial charge in [-0.2, -0.15) is 0 Å². The molecule has 0 saturated heterocycles. The maximum atomic E-state index is 11.8. The summed E-state index contributed by atoms with van der Waals surface area (Å²) in [7, 11) is 2.80. The van der Waals surface area contributed by atoms with Crippen LogP contribution in [0.2, 0.25) is 0 Å². The van der Waals surface area contributed by atoms with Gasteiger partial charge in [0.15, 0.2) is 0 Å². The molecule has 16 heavy (non-hydrogen) atoms. The molecule has 0 radical (unpaired) electrons. The van der Waals surface area contributed by atoms with E-state index in [1.165, 1.54) is 0 Å². The van der Waals surface area contributed by atoms with Crippen molar-refractivity contribution in [2.45, 2.75) is 13.8 Å². The summed E-state index contributed by atoms with van der Waals surface area (Å²) < 4.78 is 27.7. The van der Waals surface area contributed by atoms with Crippen LogP contribution in [0.25, 0.3) is 0 Å². The molecular formula is C9H23ClNO4P. The van der Waals surface area contributed by atoms with E-state index in [0.29, 0.717) is 19.8 Å². The molecule has 0 aliphatic rings. The Hall–Kier alpha value is 0.360. The lowest BCUT2D eigenvalue weighted by atomic mass is 10.5. The molecule has 100 valence electrons. The van der Waals surface area contributed by atoms with Crippen molar-refractivity contribution in [3.8, 4) is 0 Å². The second-order valence-electron chi connectivity index (χ2n) is 4.13. The fourth-order valence-electron chi connectivity index (χ4n) is 0.855. The lowest BCUT2D eigenvalue weighted by molar-refractivity contribution is -0.870. The highest BCUT2D eigenvalue weighted by molar-refractivity contribution is 7.48. The smallest absolute Gasteiger partial charge is 0.474 e. The largest absolute Gasteiger partial charge is 1.00 e. The third kappa shape index (κ3) is 9.58. The second kappa shape index (κ2) is 8.45. The molecule has 0 aromatic rings. The number of phosphoric acid groups is 1. The highest BCUT2D eigenvalue weighted by Gasteiger charge is 2.26. The molecule has 0 aliphatic carbocycles. The number of hydrogen-bond donors (Lipinski definition) is 0. The van der Waals surface area contributed by atoms with E-state index in [-0.39, 0.29) is 12.4 Å². The van der Waals surface area contributed by atoms with E-state index in [4.69, 9.17) is 13.6 Å². The molecule has 0 aromatic heterocycles. The molecular weight excluding hydrogens is 253 g/mol. The molecule has 0 fully saturated rings. The molecule has 0 aromatic carbocycles. The summed E-state index contributed by atoms with van der Waals surface area (Å²) in [4.78, 5) is 0. The van der Waals surface area contributed by atoms with Crippen LogP contribution in [0.4, 0.5) is 0 Å². The highest BCUT2D eigenvalue weighted by atomic mass is 35.5. The summed E-state index contributed by atoms with van der Waals surface area (Å²) in [6.45, 7) is 5.28. The molecule has 7 heteroatoms. The zero-order chi connectivity index (χ0) is 11.9. The van der Waals surface area contributed by atoms with Gasteiger partial charge >= 0.3 is 7.82 Å². The standard InChI is InChI=1S/C9H23NO4P.ClH/c1-6-12-15(11,13-7-2)14-9-8-10(3,4)5;/h6-9H2,1-5H3;1H/q+1;/p-1. The minimum Gasteiger partial charge on any atom is -1.00 e. The number of phosphoric ester groups is 1. The summed E-state index contributed by atoms with van der Waals surface area (Å²) >= 11 is 0. The minimum absolute atomic E-state index is 0. The molecule has 0 rings (SSSR count). The fraction of sp³-hybridized carbons (Fsp3) is 1.00. The zero-order valence-electron chi connectivity index (χ0n) is 10.7. The van der Waals surface area contributed by atoms with Crippen LogP contribution in [0.15, 0.2) is 0 Å². The summed E-state index contributed by atoms with van der Waals surface area (Å²) in [6, 6.07) is 0. The van der Waals surface area contributed by atoms with Gasteiger partial charge in [0.25, 0.3) is 0 Å². The van der Waals surface area contributed by atoms with Gasteiger partial charge in [-0.15, -0.1) is 0 Å². The van der Waals surface area contributed by atoms with Crippen molar-refractivity contribution in [2.75, 3.05) is 47.5 Å². The maximum absolute atomic E-state index is 11.8. The van der Waals surface area contributed by atoms with Gasteiger partial charge in [-0.25, -0.2) is 4.57 Å². The first-order valence-electron chi connectivity index (χ1n) is 5.17. The number of quaternary nitrogens is 1. The van der Waals surface area contributed by atoms with Gasteiger partial charge in [-0.05, 0) is 13.8 Å². The summed E-state index contributed by atoms with van der Waals surface area (Å²) in [5, 5.41) is 0. The number of halogens is 1. The topological polar surface area (TPSA) is 44.8 Å². The van der Waals surface area contributed by atoms with E-state index in [9.17, 15) is 4.57 Å². The fourth-order valence-corrected chi connectivity index (χ4v) is 2.02. The van der Waals surface area contributed by atoms with E-state index >= 15 is 0 Å². The Kier molecular flexibility index (Phi) is 9.89. The Morgan fingerprint density at radius 3 is 1.75 bits per heavy atom. The van der Waals surface area contributed by atoms with Crippen LogP contribution in [0, 0.1) is 0 Å². The van der Waals surface area contributed by atoms with Crippen LogP contribution in [-0.2, 0) is 18.1 Å². The van der Waals surface area contributed by atoms with E-state index in [2.05, 4.69) is 0 Å². The molecule has 0 bridgehead atoms. The third-order valence-electron chi connectivity index (χ3n) is 1.59. The lowest BCUT2D eigenvalue weighted by Gasteiger charge is -2.24. The number of hydrogen-bond acceptors (Lipinski definition) is 4. The van der Waals surface area contributed by atoms with Crippen molar-refractivity contribution in [1.29, 1.82) is 0 Å². The summed E-state index contributed by atoms with van der Waals surface area (Å²) in [5.41, 5.74) is 0. The Bertz CT molecular complexity index is 210. The first-order valence-corrected chi connectivity index (χ1v) is 6.63. The lowest BCUT2D eigenvalue weighted by Crippen LogP contribution is -3.00. The minimum atomic E-state index is -3.32. The van der Waals surface area contributed by atoms with Gasteiger partial charge in [0.2, 0.25) is 0 Å². The number of nitrogens with zero attached hydrogens (tertiary/aromatic N) is 1. The molecule has 0 unspecified atom stereocenters. The van der Waals surface area contributed by atoms with Gasteiger partial charge in [0.05, 0.1) is 34.4 Å². The van der Waals surface area contributed by atoms with Gasteiger partial charge in [-0.3, -0.25) is 13.6 Å². The zero-order valence-corrected chi connectivity index (χ0v) is 12.4. The van der Waals surface area contributed by atoms with Gasteiger partial charge < -0.3 is 16.9 Å². The summed E-state index contributed by atoms with van der Waals surface area (Å²) in [6.07, 6.45) is 0. The first-order chi connectivity index (χ1) is 6.83. The highest BCUT2D eigenvalue weighted by Crippen LogP contribution is 2.48. The predicted molar refractivity (Wildman–Crippen MR) is 59.7 cm³/mol. The monoisotopic (exact) mass is 275 g/mol. The van der Waals surface area contributed by atoms with Gasteiger partial charge in [0.1, 0.15) is 13.2 Å². The normalized spacial score (nSPS) is 12.3. The molecule has 0 atom stereocenters. The van der Waals surface area contributed by atoms with Crippen LogP contribution in [0.1, 0.15) is 13.8 Å². The molecule has 0 heterocycles. The average molecular weight is 276 g/mol. The Labute approximate surface area is 105 Å². The van der Waals surface area contributed by atoms with Crippen molar-refractivity contribution >= 4 is 7.82 Å². The van der Waals surface area contributed by atoms with Crippen molar-refractivity contribution in [3.05, 3.63) is 0 Å². The molecule has 0 spiro atoms. The van der Waals surface area contributed by atoms with Crippen molar-refractivity contribution in [3.63, 3.8) is 0 Å². The van der Waals surface area contributed by atoms with E-state index in [1.807, 2.05) is 21.1 Å². The quantitative estimate of drug-likeness (QED) is 0.416. The molecule has 0 aliphatic heterocycles. The Morgan fingerprint density at radius 2 is 1.44 bits per heavy atom. The molecule has 0 amide bonds. The van der Waals surface area contributed by atoms with Crippen molar-refractivity contribution in [1.82, 2.24) is 0 Å². The average Bonchev–Trinajstić information content (AvgIpc) is 2.01. The van der Waals surface area contributed by atoms with Crippen LogP contribution in [-0.4, -0.2) is 52.0 Å². The number of rotatable bonds is 8.